The van der Waals surface area contributed by atoms with E-state index in [4.69, 9.17) is 9.84 Å². The van der Waals surface area contributed by atoms with Crippen LogP contribution in [-0.4, -0.2) is 46.8 Å². The van der Waals surface area contributed by atoms with Crippen molar-refractivity contribution in [2.45, 2.75) is 19.0 Å². The fraction of sp³-hybridized carbons (Fsp3) is 0.500. The van der Waals surface area contributed by atoms with Crippen LogP contribution in [0.5, 0.6) is 0 Å². The Kier molecular flexibility index (Phi) is 4.06. The fourth-order valence-corrected chi connectivity index (χ4v) is 1.93. The minimum atomic E-state index is -0.0525. The lowest BCUT2D eigenvalue weighted by Crippen LogP contribution is -2.49. The predicted octanol–water partition coefficient (Wildman–Crippen LogP) is 0.191. The molecule has 2 rings (SSSR count). The number of aliphatic hydroxyl groups is 1. The van der Waals surface area contributed by atoms with Crippen molar-refractivity contribution in [3.05, 3.63) is 30.1 Å². The van der Waals surface area contributed by atoms with Crippen molar-refractivity contribution in [3.63, 3.8) is 0 Å². The normalized spacial score (nSPS) is 20.6. The second-order valence-electron chi connectivity index (χ2n) is 4.02. The van der Waals surface area contributed by atoms with Crippen molar-refractivity contribution < 1.29 is 14.6 Å². The van der Waals surface area contributed by atoms with Crippen LogP contribution >= 0.6 is 0 Å². The third kappa shape index (κ3) is 3.01. The Hall–Kier alpha value is -1.46. The first kappa shape index (κ1) is 12.0. The summed E-state index contributed by atoms with van der Waals surface area (Å²) in [6.07, 6.45) is 2.25. The monoisotopic (exact) mass is 236 g/mol. The van der Waals surface area contributed by atoms with Gasteiger partial charge < -0.3 is 14.7 Å². The Bertz CT molecular complexity index is 367. The highest BCUT2D eigenvalue weighted by atomic mass is 16.5. The zero-order chi connectivity index (χ0) is 12.1. The zero-order valence-electron chi connectivity index (χ0n) is 9.58. The average molecular weight is 236 g/mol. The summed E-state index contributed by atoms with van der Waals surface area (Å²) in [4.78, 5) is 17.7. The minimum Gasteiger partial charge on any atom is -0.396 e. The number of pyridine rings is 1. The van der Waals surface area contributed by atoms with E-state index in [1.165, 1.54) is 0 Å². The molecule has 1 aromatic rings. The smallest absolute Gasteiger partial charge is 0.249 e. The molecule has 1 aliphatic heterocycles. The molecule has 0 aliphatic carbocycles. The molecule has 92 valence electrons. The number of morpholine rings is 1. The van der Waals surface area contributed by atoms with Gasteiger partial charge in [-0.3, -0.25) is 9.78 Å². The molecular formula is C12H16N2O3. The van der Waals surface area contributed by atoms with Gasteiger partial charge in [0.15, 0.2) is 0 Å². The molecule has 1 fully saturated rings. The summed E-state index contributed by atoms with van der Waals surface area (Å²) >= 11 is 0. The van der Waals surface area contributed by atoms with Gasteiger partial charge in [-0.05, 0) is 18.6 Å². The molecule has 0 radical (unpaired) electrons. The highest BCUT2D eigenvalue weighted by Crippen LogP contribution is 2.14. The fourth-order valence-electron chi connectivity index (χ4n) is 1.93. The number of rotatable bonds is 4. The molecule has 1 aromatic heterocycles. The molecular weight excluding hydrogens is 220 g/mol. The Morgan fingerprint density at radius 2 is 2.41 bits per heavy atom. The lowest BCUT2D eigenvalue weighted by molar-refractivity contribution is -0.149. The van der Waals surface area contributed by atoms with Gasteiger partial charge in [0.05, 0.1) is 24.9 Å². The van der Waals surface area contributed by atoms with E-state index in [9.17, 15) is 4.79 Å². The number of carbonyl (C=O) groups is 1. The highest BCUT2D eigenvalue weighted by molar-refractivity contribution is 5.78. The largest absolute Gasteiger partial charge is 0.396 e. The maximum absolute atomic E-state index is 11.8. The summed E-state index contributed by atoms with van der Waals surface area (Å²) in [7, 11) is 0. The molecule has 0 spiro atoms. The maximum Gasteiger partial charge on any atom is 0.249 e. The van der Waals surface area contributed by atoms with E-state index in [1.54, 1.807) is 11.1 Å². The van der Waals surface area contributed by atoms with Crippen molar-refractivity contribution in [2.75, 3.05) is 19.8 Å². The number of carbonyl (C=O) groups excluding carboxylic acids is 1. The summed E-state index contributed by atoms with van der Waals surface area (Å²) in [5.74, 6) is -0.0413. The second kappa shape index (κ2) is 5.75. The van der Waals surface area contributed by atoms with Crippen LogP contribution in [0.15, 0.2) is 24.4 Å². The molecule has 0 saturated carbocycles. The van der Waals surface area contributed by atoms with Crippen LogP contribution in [0.25, 0.3) is 0 Å². The Morgan fingerprint density at radius 1 is 1.53 bits per heavy atom. The van der Waals surface area contributed by atoms with Crippen LogP contribution in [0.4, 0.5) is 0 Å². The number of ether oxygens (including phenoxy) is 1. The maximum atomic E-state index is 11.8. The molecule has 5 nitrogen and oxygen atoms in total. The van der Waals surface area contributed by atoms with E-state index < -0.39 is 0 Å². The Balaban J connectivity index is 2.07. The first-order chi connectivity index (χ1) is 8.31. The lowest BCUT2D eigenvalue weighted by Gasteiger charge is -2.35. The van der Waals surface area contributed by atoms with Crippen molar-refractivity contribution in [1.29, 1.82) is 0 Å². The molecule has 1 amide bonds. The van der Waals surface area contributed by atoms with E-state index in [-0.39, 0.29) is 25.2 Å². The molecule has 2 heterocycles. The molecule has 5 heteroatoms. The molecule has 1 saturated heterocycles. The van der Waals surface area contributed by atoms with E-state index in [1.807, 2.05) is 18.2 Å². The van der Waals surface area contributed by atoms with Gasteiger partial charge >= 0.3 is 0 Å². The minimum absolute atomic E-state index is 0.0413. The van der Waals surface area contributed by atoms with Gasteiger partial charge in [-0.25, -0.2) is 0 Å². The van der Waals surface area contributed by atoms with Crippen LogP contribution in [-0.2, 0) is 16.1 Å². The van der Waals surface area contributed by atoms with E-state index >= 15 is 0 Å². The van der Waals surface area contributed by atoms with Gasteiger partial charge in [-0.2, -0.15) is 0 Å². The van der Waals surface area contributed by atoms with Crippen LogP contribution in [0.1, 0.15) is 12.1 Å². The standard InChI is InChI=1S/C12H16N2O3/c15-6-4-11-8-17-9-12(16)14(11)7-10-3-1-2-5-13-10/h1-3,5,11,15H,4,6-9H2. The average Bonchev–Trinajstić information content (AvgIpc) is 2.35. The SMILES string of the molecule is O=C1COCC(CCO)N1Cc1ccccn1. The van der Waals surface area contributed by atoms with Crippen LogP contribution < -0.4 is 0 Å². The number of aliphatic hydroxyl groups excluding tert-OH is 1. The van der Waals surface area contributed by atoms with Gasteiger partial charge in [0.25, 0.3) is 0 Å². The number of hydrogen-bond donors (Lipinski definition) is 1. The van der Waals surface area contributed by atoms with Gasteiger partial charge in [0, 0.05) is 12.8 Å². The highest BCUT2D eigenvalue weighted by Gasteiger charge is 2.28. The second-order valence-corrected chi connectivity index (χ2v) is 4.02. The molecule has 1 atom stereocenters. The molecule has 1 aliphatic rings. The van der Waals surface area contributed by atoms with E-state index in [0.717, 1.165) is 5.69 Å². The number of nitrogens with zero attached hydrogens (tertiary/aromatic N) is 2. The Labute approximate surface area is 100 Å². The molecule has 1 N–H and O–H groups in total. The van der Waals surface area contributed by atoms with Gasteiger partial charge in [0.1, 0.15) is 6.61 Å². The zero-order valence-corrected chi connectivity index (χ0v) is 9.58. The molecule has 0 aromatic carbocycles. The van der Waals surface area contributed by atoms with Crippen LogP contribution in [0.2, 0.25) is 0 Å². The summed E-state index contributed by atoms with van der Waals surface area (Å²) in [5.41, 5.74) is 0.852. The van der Waals surface area contributed by atoms with Crippen LogP contribution in [0.3, 0.4) is 0 Å². The quantitative estimate of drug-likeness (QED) is 0.810. The van der Waals surface area contributed by atoms with Gasteiger partial charge in [-0.1, -0.05) is 6.07 Å². The summed E-state index contributed by atoms with van der Waals surface area (Å²) < 4.78 is 5.19. The van der Waals surface area contributed by atoms with Crippen molar-refractivity contribution in [2.24, 2.45) is 0 Å². The lowest BCUT2D eigenvalue weighted by atomic mass is 10.1. The molecule has 0 bridgehead atoms. The van der Waals surface area contributed by atoms with Crippen molar-refractivity contribution >= 4 is 5.91 Å². The number of amides is 1. The van der Waals surface area contributed by atoms with E-state index in [0.29, 0.717) is 19.6 Å². The topological polar surface area (TPSA) is 62.7 Å². The number of hydrogen-bond acceptors (Lipinski definition) is 4. The molecule has 17 heavy (non-hydrogen) atoms. The predicted molar refractivity (Wildman–Crippen MR) is 61.1 cm³/mol. The van der Waals surface area contributed by atoms with Crippen LogP contribution in [0, 0.1) is 0 Å². The van der Waals surface area contributed by atoms with Crippen molar-refractivity contribution in [3.8, 4) is 0 Å². The first-order valence-electron chi connectivity index (χ1n) is 5.69. The number of aromatic nitrogens is 1. The summed E-state index contributed by atoms with van der Waals surface area (Å²) in [5, 5.41) is 8.98. The Morgan fingerprint density at radius 3 is 3.12 bits per heavy atom. The summed E-state index contributed by atoms with van der Waals surface area (Å²) in [6, 6.07) is 5.58. The van der Waals surface area contributed by atoms with Gasteiger partial charge in [0.2, 0.25) is 5.91 Å². The van der Waals surface area contributed by atoms with Crippen molar-refractivity contribution in [1.82, 2.24) is 9.88 Å². The summed E-state index contributed by atoms with van der Waals surface area (Å²) in [6.45, 7) is 1.14. The first-order valence-corrected chi connectivity index (χ1v) is 5.69. The van der Waals surface area contributed by atoms with E-state index in [2.05, 4.69) is 4.98 Å². The third-order valence-electron chi connectivity index (χ3n) is 2.82. The molecule has 1 unspecified atom stereocenters. The third-order valence-corrected chi connectivity index (χ3v) is 2.82. The van der Waals surface area contributed by atoms with Gasteiger partial charge in [-0.15, -0.1) is 0 Å².